The van der Waals surface area contributed by atoms with Crippen LogP contribution in [0.2, 0.25) is 5.02 Å². The molecule has 9 nitrogen and oxygen atoms in total. The topological polar surface area (TPSA) is 125 Å². The Morgan fingerprint density at radius 1 is 1.31 bits per heavy atom. The minimum Gasteiger partial charge on any atom is -0.496 e. The minimum atomic E-state index is -0.374. The normalized spacial score (nSPS) is 10.6. The van der Waals surface area contributed by atoms with Gasteiger partial charge >= 0.3 is 0 Å². The van der Waals surface area contributed by atoms with Crippen LogP contribution < -0.4 is 21.3 Å². The third-order valence-electron chi connectivity index (χ3n) is 4.27. The number of nitrogens with one attached hydrogen (secondary N) is 1. The monoisotopic (exact) mass is 414 g/mol. The SMILES string of the molecule is COc1cc(N)c(Cl)cc1C(=O)NCCc1nc(-c2ccncn2)cc(=O)n1C. The number of nitrogen functional groups attached to an aromatic ring is 1. The van der Waals surface area contributed by atoms with Crippen LogP contribution in [0, 0.1) is 0 Å². The first-order valence-electron chi connectivity index (χ1n) is 8.65. The molecule has 2 heterocycles. The molecule has 0 saturated heterocycles. The summed E-state index contributed by atoms with van der Waals surface area (Å²) in [6, 6.07) is 6.03. The van der Waals surface area contributed by atoms with Gasteiger partial charge in [-0.05, 0) is 12.1 Å². The van der Waals surface area contributed by atoms with E-state index in [-0.39, 0.29) is 28.6 Å². The highest BCUT2D eigenvalue weighted by Crippen LogP contribution is 2.28. The minimum absolute atomic E-state index is 0.220. The van der Waals surface area contributed by atoms with Gasteiger partial charge in [0.15, 0.2) is 0 Å². The van der Waals surface area contributed by atoms with Gasteiger partial charge in [0.2, 0.25) is 0 Å². The third-order valence-corrected chi connectivity index (χ3v) is 4.60. The molecule has 0 aliphatic heterocycles. The molecule has 10 heteroatoms. The van der Waals surface area contributed by atoms with Crippen molar-refractivity contribution in [2.24, 2.45) is 7.05 Å². The molecule has 0 saturated carbocycles. The van der Waals surface area contributed by atoms with Gasteiger partial charge in [0.05, 0.1) is 34.8 Å². The van der Waals surface area contributed by atoms with Gasteiger partial charge in [-0.3, -0.25) is 14.2 Å². The number of carbonyl (C=O) groups is 1. The van der Waals surface area contributed by atoms with Crippen molar-refractivity contribution in [3.05, 3.63) is 63.6 Å². The highest BCUT2D eigenvalue weighted by Gasteiger charge is 2.15. The first kappa shape index (κ1) is 20.3. The summed E-state index contributed by atoms with van der Waals surface area (Å²) in [6.07, 6.45) is 3.30. The van der Waals surface area contributed by atoms with Crippen molar-refractivity contribution >= 4 is 23.2 Å². The van der Waals surface area contributed by atoms with Crippen LogP contribution in [0.3, 0.4) is 0 Å². The predicted octanol–water partition coefficient (Wildman–Crippen LogP) is 1.45. The summed E-state index contributed by atoms with van der Waals surface area (Å²) in [4.78, 5) is 37.2. The molecule has 0 unspecified atom stereocenters. The lowest BCUT2D eigenvalue weighted by Gasteiger charge is -2.12. The van der Waals surface area contributed by atoms with E-state index < -0.39 is 0 Å². The number of methoxy groups -OCH3 is 1. The predicted molar refractivity (Wildman–Crippen MR) is 109 cm³/mol. The first-order chi connectivity index (χ1) is 13.9. The van der Waals surface area contributed by atoms with Crippen molar-refractivity contribution in [2.45, 2.75) is 6.42 Å². The summed E-state index contributed by atoms with van der Waals surface area (Å²) >= 11 is 6.01. The highest BCUT2D eigenvalue weighted by atomic mass is 35.5. The molecule has 0 bridgehead atoms. The smallest absolute Gasteiger partial charge is 0.255 e. The lowest BCUT2D eigenvalue weighted by Crippen LogP contribution is -2.29. The van der Waals surface area contributed by atoms with Crippen LogP contribution in [0.25, 0.3) is 11.4 Å². The largest absolute Gasteiger partial charge is 0.496 e. The molecule has 0 atom stereocenters. The van der Waals surface area contributed by atoms with E-state index in [1.807, 2.05) is 0 Å². The standard InChI is InChI=1S/C19H19ClN6O3/c1-26-17(25-15(9-18(26)27)14-3-5-22-10-24-14)4-6-23-19(28)11-7-12(20)13(21)8-16(11)29-2/h3,5,7-10H,4,6,21H2,1-2H3,(H,23,28). The van der Waals surface area contributed by atoms with Crippen molar-refractivity contribution in [2.75, 3.05) is 19.4 Å². The van der Waals surface area contributed by atoms with Crippen LogP contribution in [0.5, 0.6) is 5.75 Å². The second-order valence-corrected chi connectivity index (χ2v) is 6.54. The molecule has 29 heavy (non-hydrogen) atoms. The van der Waals surface area contributed by atoms with Crippen LogP contribution in [0.4, 0.5) is 5.69 Å². The zero-order chi connectivity index (χ0) is 21.0. The number of hydrogen-bond acceptors (Lipinski definition) is 7. The molecule has 0 radical (unpaired) electrons. The number of amides is 1. The fourth-order valence-corrected chi connectivity index (χ4v) is 2.85. The molecule has 0 spiro atoms. The average Bonchev–Trinajstić information content (AvgIpc) is 2.73. The van der Waals surface area contributed by atoms with E-state index in [0.717, 1.165) is 0 Å². The van der Waals surface area contributed by atoms with Crippen LogP contribution in [0.15, 0.2) is 41.6 Å². The Hall–Kier alpha value is -3.46. The van der Waals surface area contributed by atoms with E-state index in [0.29, 0.717) is 35.1 Å². The zero-order valence-corrected chi connectivity index (χ0v) is 16.6. The Morgan fingerprint density at radius 3 is 2.79 bits per heavy atom. The van der Waals surface area contributed by atoms with Gasteiger partial charge in [-0.25, -0.2) is 15.0 Å². The summed E-state index contributed by atoms with van der Waals surface area (Å²) in [5.41, 5.74) is 7.10. The number of hydrogen-bond donors (Lipinski definition) is 2. The van der Waals surface area contributed by atoms with E-state index in [9.17, 15) is 9.59 Å². The Kier molecular flexibility index (Phi) is 6.08. The molecular formula is C19H19ClN6O3. The fraction of sp³-hybridized carbons (Fsp3) is 0.211. The second-order valence-electron chi connectivity index (χ2n) is 6.13. The van der Waals surface area contributed by atoms with E-state index in [2.05, 4.69) is 20.3 Å². The number of benzene rings is 1. The van der Waals surface area contributed by atoms with Crippen LogP contribution in [0.1, 0.15) is 16.2 Å². The van der Waals surface area contributed by atoms with E-state index >= 15 is 0 Å². The van der Waals surface area contributed by atoms with Crippen LogP contribution in [-0.4, -0.2) is 39.1 Å². The summed E-state index contributed by atoms with van der Waals surface area (Å²) in [6.45, 7) is 0.248. The quantitative estimate of drug-likeness (QED) is 0.585. The average molecular weight is 415 g/mol. The van der Waals surface area contributed by atoms with Crippen molar-refractivity contribution in [1.82, 2.24) is 24.8 Å². The number of halogens is 1. The fourth-order valence-electron chi connectivity index (χ4n) is 2.68. The van der Waals surface area contributed by atoms with Crippen molar-refractivity contribution in [3.8, 4) is 17.1 Å². The Morgan fingerprint density at radius 2 is 2.10 bits per heavy atom. The number of ether oxygens (including phenoxy) is 1. The molecule has 1 aromatic carbocycles. The lowest BCUT2D eigenvalue weighted by molar-refractivity contribution is 0.0951. The Labute approximate surface area is 171 Å². The Balaban J connectivity index is 1.76. The molecular weight excluding hydrogens is 396 g/mol. The maximum atomic E-state index is 12.5. The highest BCUT2D eigenvalue weighted by molar-refractivity contribution is 6.33. The maximum Gasteiger partial charge on any atom is 0.255 e. The van der Waals surface area contributed by atoms with E-state index in [1.54, 1.807) is 19.3 Å². The molecule has 0 aliphatic rings. The molecule has 3 rings (SSSR count). The Bertz CT molecular complexity index is 1100. The number of nitrogens with zero attached hydrogens (tertiary/aromatic N) is 4. The van der Waals surface area contributed by atoms with Gasteiger partial charge in [-0.2, -0.15) is 0 Å². The van der Waals surface area contributed by atoms with Gasteiger partial charge in [-0.1, -0.05) is 11.6 Å². The summed E-state index contributed by atoms with van der Waals surface area (Å²) in [5.74, 6) is 0.454. The van der Waals surface area contributed by atoms with Crippen LogP contribution >= 0.6 is 11.6 Å². The van der Waals surface area contributed by atoms with Gasteiger partial charge in [0.1, 0.15) is 17.9 Å². The number of rotatable bonds is 6. The third kappa shape index (κ3) is 4.52. The number of carbonyl (C=O) groups excluding carboxylic acids is 1. The number of aromatic nitrogens is 4. The van der Waals surface area contributed by atoms with E-state index in [4.69, 9.17) is 22.1 Å². The molecule has 0 fully saturated rings. The van der Waals surface area contributed by atoms with Gasteiger partial charge in [-0.15, -0.1) is 0 Å². The summed E-state index contributed by atoms with van der Waals surface area (Å²) in [5, 5.41) is 3.04. The number of nitrogens with two attached hydrogens (primary N) is 1. The molecule has 3 N–H and O–H groups in total. The molecule has 2 aromatic heterocycles. The number of anilines is 1. The van der Waals surface area contributed by atoms with E-state index in [1.165, 1.54) is 36.2 Å². The van der Waals surface area contributed by atoms with Crippen molar-refractivity contribution in [3.63, 3.8) is 0 Å². The first-order valence-corrected chi connectivity index (χ1v) is 9.03. The van der Waals surface area contributed by atoms with Crippen molar-refractivity contribution < 1.29 is 9.53 Å². The summed E-state index contributed by atoms with van der Waals surface area (Å²) in [7, 11) is 3.07. The van der Waals surface area contributed by atoms with Crippen LogP contribution in [-0.2, 0) is 13.5 Å². The van der Waals surface area contributed by atoms with Gasteiger partial charge in [0, 0.05) is 38.3 Å². The molecule has 1 amide bonds. The van der Waals surface area contributed by atoms with Crippen molar-refractivity contribution in [1.29, 1.82) is 0 Å². The zero-order valence-electron chi connectivity index (χ0n) is 15.8. The second kappa shape index (κ2) is 8.70. The lowest BCUT2D eigenvalue weighted by atomic mass is 10.1. The molecule has 150 valence electrons. The maximum absolute atomic E-state index is 12.5. The molecule has 0 aliphatic carbocycles. The summed E-state index contributed by atoms with van der Waals surface area (Å²) < 4.78 is 6.63. The van der Waals surface area contributed by atoms with Gasteiger partial charge < -0.3 is 15.8 Å². The van der Waals surface area contributed by atoms with Gasteiger partial charge in [0.25, 0.3) is 11.5 Å². The molecule has 3 aromatic rings.